The molecule has 33 heavy (non-hydrogen) atoms. The number of hydrogen-bond donors (Lipinski definition) is 1. The SMILES string of the molecule is Cc1ccc2cc(C(C#N)N(Cc3ccccc3)Cc3ccc(C(C)C)cc3)c(=O)[nH]c2c1. The van der Waals surface area contributed by atoms with Gasteiger partial charge in [0, 0.05) is 24.2 Å². The van der Waals surface area contributed by atoms with Crippen LogP contribution in [0.1, 0.15) is 53.6 Å². The van der Waals surface area contributed by atoms with Gasteiger partial charge in [-0.05, 0) is 52.6 Å². The first-order chi connectivity index (χ1) is 15.9. The summed E-state index contributed by atoms with van der Waals surface area (Å²) in [6.07, 6.45) is 0. The monoisotopic (exact) mass is 435 g/mol. The number of aryl methyl sites for hydroxylation is 1. The molecular weight excluding hydrogens is 406 g/mol. The molecule has 0 aliphatic carbocycles. The molecule has 0 aliphatic heterocycles. The maximum atomic E-state index is 13.0. The fraction of sp³-hybridized carbons (Fsp3) is 0.241. The van der Waals surface area contributed by atoms with Crippen molar-refractivity contribution in [3.63, 3.8) is 0 Å². The normalized spacial score (nSPS) is 12.2. The summed E-state index contributed by atoms with van der Waals surface area (Å²) in [4.78, 5) is 18.1. The quantitative estimate of drug-likeness (QED) is 0.374. The van der Waals surface area contributed by atoms with Crippen molar-refractivity contribution in [1.29, 1.82) is 5.26 Å². The van der Waals surface area contributed by atoms with Gasteiger partial charge in [-0.1, -0.05) is 80.6 Å². The summed E-state index contributed by atoms with van der Waals surface area (Å²) in [6, 6.07) is 28.2. The Kier molecular flexibility index (Phi) is 6.72. The van der Waals surface area contributed by atoms with Crippen LogP contribution in [0, 0.1) is 18.3 Å². The number of nitrogens with one attached hydrogen (secondary N) is 1. The van der Waals surface area contributed by atoms with Crippen LogP contribution in [-0.4, -0.2) is 9.88 Å². The first-order valence-corrected chi connectivity index (χ1v) is 11.3. The number of aromatic amines is 1. The highest BCUT2D eigenvalue weighted by atomic mass is 16.1. The van der Waals surface area contributed by atoms with Crippen molar-refractivity contribution in [2.75, 3.05) is 0 Å². The van der Waals surface area contributed by atoms with Crippen molar-refractivity contribution in [3.8, 4) is 6.07 Å². The highest BCUT2D eigenvalue weighted by Gasteiger charge is 2.24. The van der Waals surface area contributed by atoms with Gasteiger partial charge in [0.05, 0.1) is 6.07 Å². The highest BCUT2D eigenvalue weighted by molar-refractivity contribution is 5.79. The molecule has 4 aromatic rings. The van der Waals surface area contributed by atoms with Crippen molar-refractivity contribution in [2.24, 2.45) is 0 Å². The number of rotatable bonds is 7. The molecule has 0 spiro atoms. The first-order valence-electron chi connectivity index (χ1n) is 11.3. The molecule has 166 valence electrons. The van der Waals surface area contributed by atoms with Crippen LogP contribution in [0.15, 0.2) is 83.7 Å². The van der Waals surface area contributed by atoms with Crippen molar-refractivity contribution in [3.05, 3.63) is 117 Å². The molecule has 1 N–H and O–H groups in total. The molecule has 0 amide bonds. The Morgan fingerprint density at radius 3 is 2.21 bits per heavy atom. The summed E-state index contributed by atoms with van der Waals surface area (Å²) in [5.74, 6) is 0.464. The van der Waals surface area contributed by atoms with E-state index >= 15 is 0 Å². The van der Waals surface area contributed by atoms with Gasteiger partial charge in [-0.2, -0.15) is 5.26 Å². The summed E-state index contributed by atoms with van der Waals surface area (Å²) in [5, 5.41) is 11.1. The molecule has 3 aromatic carbocycles. The molecule has 1 aromatic heterocycles. The van der Waals surface area contributed by atoms with Gasteiger partial charge >= 0.3 is 0 Å². The molecule has 4 nitrogen and oxygen atoms in total. The second kappa shape index (κ2) is 9.85. The van der Waals surface area contributed by atoms with Gasteiger partial charge in [-0.15, -0.1) is 0 Å². The van der Waals surface area contributed by atoms with E-state index in [9.17, 15) is 10.1 Å². The van der Waals surface area contributed by atoms with E-state index in [0.717, 1.165) is 27.6 Å². The molecule has 4 heteroatoms. The fourth-order valence-electron chi connectivity index (χ4n) is 4.18. The van der Waals surface area contributed by atoms with Crippen LogP contribution >= 0.6 is 0 Å². The number of nitrogens with zero attached hydrogens (tertiary/aromatic N) is 2. The van der Waals surface area contributed by atoms with Crippen molar-refractivity contribution < 1.29 is 0 Å². The van der Waals surface area contributed by atoms with Crippen molar-refractivity contribution in [1.82, 2.24) is 9.88 Å². The summed E-state index contributed by atoms with van der Waals surface area (Å²) < 4.78 is 0. The third kappa shape index (κ3) is 5.22. The van der Waals surface area contributed by atoms with Crippen LogP contribution in [0.3, 0.4) is 0 Å². The number of benzene rings is 3. The van der Waals surface area contributed by atoms with E-state index in [2.05, 4.69) is 66.2 Å². The standard InChI is InChI=1S/C29H29N3O/c1-20(2)24-13-10-23(11-14-24)19-32(18-22-7-5-4-6-8-22)28(17-30)26-16-25-12-9-21(3)15-27(25)31-29(26)33/h4-16,20,28H,18-19H2,1-3H3,(H,31,33). The Balaban J connectivity index is 1.73. The van der Waals surface area contributed by atoms with Crippen LogP contribution in [0.5, 0.6) is 0 Å². The van der Waals surface area contributed by atoms with E-state index in [4.69, 9.17) is 0 Å². The zero-order chi connectivity index (χ0) is 23.4. The minimum absolute atomic E-state index is 0.215. The zero-order valence-electron chi connectivity index (χ0n) is 19.4. The lowest BCUT2D eigenvalue weighted by Gasteiger charge is -2.27. The van der Waals surface area contributed by atoms with E-state index in [0.29, 0.717) is 24.6 Å². The molecule has 1 heterocycles. The van der Waals surface area contributed by atoms with Gasteiger partial charge < -0.3 is 4.98 Å². The van der Waals surface area contributed by atoms with Crippen molar-refractivity contribution >= 4 is 10.9 Å². The highest BCUT2D eigenvalue weighted by Crippen LogP contribution is 2.25. The van der Waals surface area contributed by atoms with Crippen molar-refractivity contribution in [2.45, 2.75) is 45.8 Å². The second-order valence-electron chi connectivity index (χ2n) is 8.96. The Bertz CT molecular complexity index is 1330. The number of aromatic nitrogens is 1. The summed E-state index contributed by atoms with van der Waals surface area (Å²) in [7, 11) is 0. The number of nitriles is 1. The van der Waals surface area contributed by atoms with E-state index in [1.807, 2.05) is 49.4 Å². The van der Waals surface area contributed by atoms with Crippen LogP contribution < -0.4 is 5.56 Å². The predicted molar refractivity (Wildman–Crippen MR) is 134 cm³/mol. The molecule has 0 bridgehead atoms. The summed E-state index contributed by atoms with van der Waals surface area (Å²) >= 11 is 0. The van der Waals surface area contributed by atoms with Gasteiger partial charge in [-0.25, -0.2) is 0 Å². The maximum Gasteiger partial charge on any atom is 0.254 e. The molecule has 1 atom stereocenters. The van der Waals surface area contributed by atoms with E-state index in [1.54, 1.807) is 0 Å². The Morgan fingerprint density at radius 2 is 1.58 bits per heavy atom. The summed E-state index contributed by atoms with van der Waals surface area (Å²) in [6.45, 7) is 7.48. The van der Waals surface area contributed by atoms with E-state index < -0.39 is 6.04 Å². The average Bonchev–Trinajstić information content (AvgIpc) is 2.81. The maximum absolute atomic E-state index is 13.0. The summed E-state index contributed by atoms with van der Waals surface area (Å²) in [5.41, 5.74) is 5.63. The molecule has 1 unspecified atom stereocenters. The van der Waals surface area contributed by atoms with Gasteiger partial charge in [0.1, 0.15) is 6.04 Å². The van der Waals surface area contributed by atoms with Gasteiger partial charge in [0.15, 0.2) is 0 Å². The van der Waals surface area contributed by atoms with Crippen LogP contribution in [0.25, 0.3) is 10.9 Å². The molecule has 0 saturated heterocycles. The Morgan fingerprint density at radius 1 is 0.909 bits per heavy atom. The minimum atomic E-state index is -0.676. The van der Waals surface area contributed by atoms with Gasteiger partial charge in [-0.3, -0.25) is 9.69 Å². The lowest BCUT2D eigenvalue weighted by molar-refractivity contribution is 0.216. The van der Waals surface area contributed by atoms with Gasteiger partial charge in [0.2, 0.25) is 0 Å². The Labute approximate surface area is 195 Å². The topological polar surface area (TPSA) is 59.9 Å². The number of H-pyrrole nitrogens is 1. The molecular formula is C29H29N3O. The molecule has 0 radical (unpaired) electrons. The first kappa shape index (κ1) is 22.5. The zero-order valence-corrected chi connectivity index (χ0v) is 19.4. The molecule has 0 aliphatic rings. The molecule has 0 fully saturated rings. The smallest absolute Gasteiger partial charge is 0.254 e. The average molecular weight is 436 g/mol. The largest absolute Gasteiger partial charge is 0.322 e. The third-order valence-corrected chi connectivity index (χ3v) is 6.07. The third-order valence-electron chi connectivity index (χ3n) is 6.07. The lowest BCUT2D eigenvalue weighted by Crippen LogP contribution is -2.31. The van der Waals surface area contributed by atoms with E-state index in [-0.39, 0.29) is 5.56 Å². The number of hydrogen-bond acceptors (Lipinski definition) is 3. The van der Waals surface area contributed by atoms with Crippen LogP contribution in [-0.2, 0) is 13.1 Å². The second-order valence-corrected chi connectivity index (χ2v) is 8.96. The predicted octanol–water partition coefficient (Wildman–Crippen LogP) is 6.23. The van der Waals surface area contributed by atoms with Gasteiger partial charge in [0.25, 0.3) is 5.56 Å². The van der Waals surface area contributed by atoms with Crippen LogP contribution in [0.4, 0.5) is 0 Å². The van der Waals surface area contributed by atoms with Crippen LogP contribution in [0.2, 0.25) is 0 Å². The lowest BCUT2D eigenvalue weighted by atomic mass is 10.0. The Hall–Kier alpha value is -3.68. The molecule has 0 saturated carbocycles. The minimum Gasteiger partial charge on any atom is -0.322 e. The number of fused-ring (bicyclic) bond motifs is 1. The fourth-order valence-corrected chi connectivity index (χ4v) is 4.18. The molecule has 4 rings (SSSR count). The van der Waals surface area contributed by atoms with E-state index in [1.165, 1.54) is 5.56 Å². The number of pyridine rings is 1.